The Morgan fingerprint density at radius 2 is 1.57 bits per heavy atom. The summed E-state index contributed by atoms with van der Waals surface area (Å²) in [5.74, 6) is 0.707. The highest BCUT2D eigenvalue weighted by atomic mass is 19.1. The third kappa shape index (κ3) is 5.21. The molecule has 0 aliphatic heterocycles. The van der Waals surface area contributed by atoms with Crippen molar-refractivity contribution in [3.05, 3.63) is 166 Å². The summed E-state index contributed by atoms with van der Waals surface area (Å²) in [4.78, 5) is 4.27. The molecule has 208 valence electrons. The molecule has 0 N–H and O–H groups in total. The van der Waals surface area contributed by atoms with Gasteiger partial charge in [0.25, 0.3) is 0 Å². The minimum atomic E-state index is -0.206. The monoisotopic (exact) mass is 552 g/mol. The van der Waals surface area contributed by atoms with Crippen LogP contribution in [0, 0.1) is 12.7 Å². The first-order valence-corrected chi connectivity index (χ1v) is 14.6. The molecule has 7 rings (SSSR count). The molecule has 1 unspecified atom stereocenters. The van der Waals surface area contributed by atoms with E-state index in [1.165, 1.54) is 50.9 Å². The molecular formula is C38H33FN2O. The normalized spacial score (nSPS) is 16.0. The Balaban J connectivity index is 1.24. The topological polar surface area (TPSA) is 27.1 Å². The molecule has 2 heterocycles. The van der Waals surface area contributed by atoms with Gasteiger partial charge in [-0.2, -0.15) is 0 Å². The number of aryl methyl sites for hydroxylation is 1. The van der Waals surface area contributed by atoms with E-state index < -0.39 is 0 Å². The summed E-state index contributed by atoms with van der Waals surface area (Å²) in [5, 5.41) is 1.26. The van der Waals surface area contributed by atoms with Crippen LogP contribution in [0.3, 0.4) is 0 Å². The number of pyridine rings is 1. The Kier molecular flexibility index (Phi) is 6.83. The van der Waals surface area contributed by atoms with Crippen molar-refractivity contribution in [2.24, 2.45) is 0 Å². The molecule has 3 nitrogen and oxygen atoms in total. The van der Waals surface area contributed by atoms with E-state index in [2.05, 4.69) is 83.3 Å². The number of hydrogen-bond donors (Lipinski definition) is 0. The fraction of sp³-hybridized carbons (Fsp3) is 0.184. The summed E-state index contributed by atoms with van der Waals surface area (Å²) < 4.78 is 22.1. The van der Waals surface area contributed by atoms with Crippen molar-refractivity contribution >= 4 is 10.9 Å². The number of ether oxygens (including phenoxy) is 1. The molecule has 0 spiro atoms. The molecule has 1 aliphatic rings. The van der Waals surface area contributed by atoms with Crippen LogP contribution in [0.2, 0.25) is 0 Å². The molecule has 0 fully saturated rings. The van der Waals surface area contributed by atoms with Crippen molar-refractivity contribution in [3.8, 4) is 5.75 Å². The molecule has 2 aromatic heterocycles. The van der Waals surface area contributed by atoms with Crippen LogP contribution in [-0.4, -0.2) is 9.55 Å². The van der Waals surface area contributed by atoms with E-state index in [-0.39, 0.29) is 11.2 Å². The maximum atomic E-state index is 13.6. The summed E-state index contributed by atoms with van der Waals surface area (Å²) >= 11 is 0. The lowest BCUT2D eigenvalue weighted by Gasteiger charge is -2.30. The molecule has 0 amide bonds. The molecule has 4 aromatic carbocycles. The van der Waals surface area contributed by atoms with Crippen molar-refractivity contribution < 1.29 is 9.13 Å². The Bertz CT molecular complexity index is 1840. The molecule has 4 heteroatoms. The van der Waals surface area contributed by atoms with Gasteiger partial charge < -0.3 is 9.30 Å². The molecule has 1 atom stereocenters. The zero-order valence-electron chi connectivity index (χ0n) is 23.8. The highest BCUT2D eigenvalue weighted by Crippen LogP contribution is 2.44. The predicted molar refractivity (Wildman–Crippen MR) is 166 cm³/mol. The van der Waals surface area contributed by atoms with Gasteiger partial charge in [0.2, 0.25) is 0 Å². The van der Waals surface area contributed by atoms with Gasteiger partial charge in [-0.05, 0) is 108 Å². The van der Waals surface area contributed by atoms with Crippen LogP contribution in [0.15, 0.2) is 122 Å². The number of aromatic nitrogens is 2. The van der Waals surface area contributed by atoms with E-state index in [1.54, 1.807) is 0 Å². The second-order valence-corrected chi connectivity index (χ2v) is 11.7. The van der Waals surface area contributed by atoms with E-state index >= 15 is 0 Å². The number of benzene rings is 4. The Hall–Kier alpha value is -4.70. The lowest BCUT2D eigenvalue weighted by Crippen LogP contribution is -2.30. The largest absolute Gasteiger partial charge is 0.489 e. The van der Waals surface area contributed by atoms with Crippen molar-refractivity contribution in [2.75, 3.05) is 0 Å². The number of nitrogens with zero attached hydrogens (tertiary/aromatic N) is 2. The fourth-order valence-electron chi connectivity index (χ4n) is 6.61. The maximum Gasteiger partial charge on any atom is 0.123 e. The van der Waals surface area contributed by atoms with E-state index in [0.29, 0.717) is 13.2 Å². The number of rotatable bonds is 8. The second-order valence-electron chi connectivity index (χ2n) is 11.7. The minimum Gasteiger partial charge on any atom is -0.489 e. The fourth-order valence-corrected chi connectivity index (χ4v) is 6.61. The van der Waals surface area contributed by atoms with Gasteiger partial charge >= 0.3 is 0 Å². The van der Waals surface area contributed by atoms with Crippen LogP contribution >= 0.6 is 0 Å². The van der Waals surface area contributed by atoms with Crippen molar-refractivity contribution in [2.45, 2.75) is 44.8 Å². The van der Waals surface area contributed by atoms with E-state index in [4.69, 9.17) is 4.74 Å². The molecule has 6 aromatic rings. The third-order valence-corrected chi connectivity index (χ3v) is 8.74. The lowest BCUT2D eigenvalue weighted by atomic mass is 9.73. The van der Waals surface area contributed by atoms with Gasteiger partial charge in [0.15, 0.2) is 0 Å². The van der Waals surface area contributed by atoms with E-state index in [0.717, 1.165) is 36.1 Å². The molecule has 0 radical (unpaired) electrons. The van der Waals surface area contributed by atoms with Crippen molar-refractivity contribution in [3.63, 3.8) is 0 Å². The van der Waals surface area contributed by atoms with Gasteiger partial charge in [-0.1, -0.05) is 60.7 Å². The molecule has 0 bridgehead atoms. The second kappa shape index (κ2) is 10.9. The van der Waals surface area contributed by atoms with Gasteiger partial charge in [-0.3, -0.25) is 4.98 Å². The zero-order valence-corrected chi connectivity index (χ0v) is 23.8. The lowest BCUT2D eigenvalue weighted by molar-refractivity contribution is 0.306. The van der Waals surface area contributed by atoms with Gasteiger partial charge in [0.1, 0.15) is 18.2 Å². The van der Waals surface area contributed by atoms with Gasteiger partial charge in [-0.25, -0.2) is 4.39 Å². The summed E-state index contributed by atoms with van der Waals surface area (Å²) in [7, 11) is 0. The number of halogens is 1. The van der Waals surface area contributed by atoms with Crippen LogP contribution in [0.4, 0.5) is 4.39 Å². The van der Waals surface area contributed by atoms with Crippen LogP contribution < -0.4 is 4.74 Å². The first-order chi connectivity index (χ1) is 20.5. The van der Waals surface area contributed by atoms with Crippen molar-refractivity contribution in [1.82, 2.24) is 9.55 Å². The van der Waals surface area contributed by atoms with Crippen molar-refractivity contribution in [1.29, 1.82) is 0 Å². The summed E-state index contributed by atoms with van der Waals surface area (Å²) in [5.41, 5.74) is 9.99. The molecule has 42 heavy (non-hydrogen) atoms. The molecule has 0 saturated carbocycles. The third-order valence-electron chi connectivity index (χ3n) is 8.74. The first-order valence-electron chi connectivity index (χ1n) is 14.6. The number of fused-ring (bicyclic) bond motifs is 2. The zero-order chi connectivity index (χ0) is 28.5. The minimum absolute atomic E-state index is 0.0885. The highest BCUT2D eigenvalue weighted by molar-refractivity contribution is 5.85. The molecule has 1 aliphatic carbocycles. The Labute approximate surface area is 246 Å². The Morgan fingerprint density at radius 1 is 0.786 bits per heavy atom. The average Bonchev–Trinajstić information content (AvgIpc) is 3.55. The Morgan fingerprint density at radius 3 is 2.38 bits per heavy atom. The SMILES string of the molecule is Cc1cn(Cc2ccc(F)cc2)c2cc(C3(Cc4ccncc4)Cc4ccc(OCc5ccccc5)cc4C3)ccc12. The summed E-state index contributed by atoms with van der Waals surface area (Å²) in [6.07, 6.45) is 8.83. The summed E-state index contributed by atoms with van der Waals surface area (Å²) in [6, 6.07) is 35.0. The molecule has 0 saturated heterocycles. The summed E-state index contributed by atoms with van der Waals surface area (Å²) in [6.45, 7) is 3.43. The van der Waals surface area contributed by atoms with Crippen LogP contribution in [-0.2, 0) is 37.8 Å². The van der Waals surface area contributed by atoms with Crippen LogP contribution in [0.5, 0.6) is 5.75 Å². The quantitative estimate of drug-likeness (QED) is 0.190. The van der Waals surface area contributed by atoms with E-state index in [1.807, 2.05) is 42.7 Å². The van der Waals surface area contributed by atoms with Crippen LogP contribution in [0.1, 0.15) is 38.9 Å². The predicted octanol–water partition coefficient (Wildman–Crippen LogP) is 8.39. The average molecular weight is 553 g/mol. The maximum absolute atomic E-state index is 13.6. The van der Waals surface area contributed by atoms with Gasteiger partial charge in [0.05, 0.1) is 0 Å². The van der Waals surface area contributed by atoms with Gasteiger partial charge in [0, 0.05) is 41.5 Å². The number of hydrogen-bond acceptors (Lipinski definition) is 2. The smallest absolute Gasteiger partial charge is 0.123 e. The van der Waals surface area contributed by atoms with Gasteiger partial charge in [-0.15, -0.1) is 0 Å². The van der Waals surface area contributed by atoms with E-state index in [9.17, 15) is 4.39 Å². The standard InChI is InChI=1S/C38H33FN2O/c1-27-24-41(25-29-7-11-34(39)12-8-29)37-20-33(10-14-36(27)37)38(21-28-15-17-40-18-16-28)22-31-9-13-35(19-32(31)23-38)42-26-30-5-3-2-4-6-30/h2-20,24H,21-23,25-26H2,1H3. The molecular weight excluding hydrogens is 519 g/mol. The highest BCUT2D eigenvalue weighted by Gasteiger charge is 2.39. The first kappa shape index (κ1) is 26.2. The van der Waals surface area contributed by atoms with Crippen LogP contribution in [0.25, 0.3) is 10.9 Å².